The molecule has 2 aliphatic rings. The first kappa shape index (κ1) is 12.7. The van der Waals surface area contributed by atoms with Crippen LogP contribution in [-0.2, 0) is 18.6 Å². The molecule has 1 spiro atoms. The van der Waals surface area contributed by atoms with Crippen LogP contribution in [0.4, 0.5) is 0 Å². The summed E-state index contributed by atoms with van der Waals surface area (Å²) in [6.07, 6.45) is 0. The summed E-state index contributed by atoms with van der Waals surface area (Å²) in [7, 11) is -2.73. The first-order chi connectivity index (χ1) is 7.84. The Kier molecular flexibility index (Phi) is 3.14. The molecule has 2 saturated heterocycles. The lowest BCUT2D eigenvalue weighted by atomic mass is 10.1. The van der Waals surface area contributed by atoms with E-state index in [0.29, 0.717) is 0 Å². The van der Waals surface area contributed by atoms with Gasteiger partial charge in [0.05, 0.1) is 0 Å². The summed E-state index contributed by atoms with van der Waals surface area (Å²) < 4.78 is 10.5. The van der Waals surface area contributed by atoms with Crippen molar-refractivity contribution in [1.82, 2.24) is 10.2 Å². The summed E-state index contributed by atoms with van der Waals surface area (Å²) >= 11 is 0. The van der Waals surface area contributed by atoms with E-state index in [9.17, 15) is 9.59 Å². The van der Waals surface area contributed by atoms with Crippen molar-refractivity contribution < 1.29 is 18.6 Å². The van der Waals surface area contributed by atoms with Crippen LogP contribution in [0.5, 0.6) is 0 Å². The standard InChI is InChI=1S/C10H18N2O4P/c1-5(2)7-9(13)15-17(11-7)12-8(6(3)4)10(14)16-17/h5-8,11-12H,1-4H3/q+1/t7-,8-,17?/m0/s1. The Morgan fingerprint density at radius 3 is 1.53 bits per heavy atom. The van der Waals surface area contributed by atoms with Gasteiger partial charge >= 0.3 is 20.0 Å². The topological polar surface area (TPSA) is 76.7 Å². The van der Waals surface area contributed by atoms with Gasteiger partial charge in [-0.3, -0.25) is 0 Å². The van der Waals surface area contributed by atoms with Crippen LogP contribution in [-0.4, -0.2) is 24.0 Å². The lowest BCUT2D eigenvalue weighted by molar-refractivity contribution is -0.136. The lowest BCUT2D eigenvalue weighted by Gasteiger charge is -2.11. The van der Waals surface area contributed by atoms with Gasteiger partial charge in [0.25, 0.3) is 0 Å². The van der Waals surface area contributed by atoms with Gasteiger partial charge in [0.15, 0.2) is 12.1 Å². The number of hydrogen-bond donors (Lipinski definition) is 2. The summed E-state index contributed by atoms with van der Waals surface area (Å²) in [5.41, 5.74) is 0. The fourth-order valence-electron chi connectivity index (χ4n) is 1.84. The van der Waals surface area contributed by atoms with E-state index in [0.717, 1.165) is 0 Å². The van der Waals surface area contributed by atoms with Crippen molar-refractivity contribution in [2.45, 2.75) is 39.8 Å². The number of carbonyl (C=O) groups is 2. The maximum Gasteiger partial charge on any atom is 0.528 e. The first-order valence-corrected chi connectivity index (χ1v) is 7.38. The molecule has 0 saturated carbocycles. The summed E-state index contributed by atoms with van der Waals surface area (Å²) in [5, 5.41) is 6.03. The fourth-order valence-corrected chi connectivity index (χ4v) is 4.44. The number of nitrogens with one attached hydrogen (secondary N) is 2. The first-order valence-electron chi connectivity index (χ1n) is 5.76. The molecule has 0 radical (unpaired) electrons. The van der Waals surface area contributed by atoms with Crippen molar-refractivity contribution in [3.63, 3.8) is 0 Å². The minimum Gasteiger partial charge on any atom is -0.245 e. The molecule has 0 amide bonds. The molecular formula is C10H18N2O4P+. The maximum absolute atomic E-state index is 11.7. The van der Waals surface area contributed by atoms with Gasteiger partial charge in [0.1, 0.15) is 0 Å². The third kappa shape index (κ3) is 2.17. The molecule has 2 N–H and O–H groups in total. The molecule has 7 heteroatoms. The van der Waals surface area contributed by atoms with Gasteiger partial charge in [-0.25, -0.2) is 18.6 Å². The van der Waals surface area contributed by atoms with E-state index in [4.69, 9.17) is 9.05 Å². The predicted octanol–water partition coefficient (Wildman–Crippen LogP) is 1.01. The molecule has 0 aromatic carbocycles. The largest absolute Gasteiger partial charge is 0.528 e. The molecule has 6 nitrogen and oxygen atoms in total. The second-order valence-electron chi connectivity index (χ2n) is 5.07. The van der Waals surface area contributed by atoms with Crippen LogP contribution in [0.3, 0.4) is 0 Å². The smallest absolute Gasteiger partial charge is 0.245 e. The predicted molar refractivity (Wildman–Crippen MR) is 62.6 cm³/mol. The molecular weight excluding hydrogens is 243 g/mol. The molecule has 0 aliphatic carbocycles. The van der Waals surface area contributed by atoms with Crippen molar-refractivity contribution in [3.8, 4) is 0 Å². The van der Waals surface area contributed by atoms with Crippen molar-refractivity contribution >= 4 is 20.0 Å². The average molecular weight is 261 g/mol. The van der Waals surface area contributed by atoms with Crippen molar-refractivity contribution in [3.05, 3.63) is 0 Å². The molecule has 0 unspecified atom stereocenters. The summed E-state index contributed by atoms with van der Waals surface area (Å²) in [6, 6.07) is -0.816. The number of carbonyl (C=O) groups excluding carboxylic acids is 2. The zero-order valence-electron chi connectivity index (χ0n) is 10.4. The van der Waals surface area contributed by atoms with E-state index in [-0.39, 0.29) is 23.8 Å². The Morgan fingerprint density at radius 1 is 0.941 bits per heavy atom. The molecule has 2 fully saturated rings. The minimum absolute atomic E-state index is 0.0977. The van der Waals surface area contributed by atoms with Crippen molar-refractivity contribution in [2.75, 3.05) is 0 Å². The van der Waals surface area contributed by atoms with E-state index in [1.165, 1.54) is 0 Å². The third-order valence-electron chi connectivity index (χ3n) is 2.90. The molecule has 0 bridgehead atoms. The Labute approximate surface area is 101 Å². The monoisotopic (exact) mass is 261 g/mol. The quantitative estimate of drug-likeness (QED) is 0.722. The maximum atomic E-state index is 11.7. The molecule has 2 atom stereocenters. The molecule has 2 heterocycles. The lowest BCUT2D eigenvalue weighted by Crippen LogP contribution is -2.36. The summed E-state index contributed by atoms with van der Waals surface area (Å²) in [5.74, 6) is -0.503. The number of rotatable bonds is 2. The average Bonchev–Trinajstić information content (AvgIpc) is 2.68. The summed E-state index contributed by atoms with van der Waals surface area (Å²) in [4.78, 5) is 23.3. The van der Waals surface area contributed by atoms with E-state index in [1.54, 1.807) is 0 Å². The van der Waals surface area contributed by atoms with Crippen molar-refractivity contribution in [1.29, 1.82) is 0 Å². The van der Waals surface area contributed by atoms with Crippen LogP contribution in [0.1, 0.15) is 27.7 Å². The van der Waals surface area contributed by atoms with Crippen LogP contribution in [0.2, 0.25) is 0 Å². The normalized spacial score (nSPS) is 31.4. The van der Waals surface area contributed by atoms with Gasteiger partial charge in [-0.15, -0.1) is 0 Å². The Balaban J connectivity index is 2.14. The molecule has 17 heavy (non-hydrogen) atoms. The Hall–Kier alpha value is -0.710. The SMILES string of the molecule is CC(C)[C@@H]1N[P+]2(N[C@@H](C(C)C)C(=O)O2)OC1=O. The minimum atomic E-state index is -2.73. The molecule has 96 valence electrons. The highest BCUT2D eigenvalue weighted by molar-refractivity contribution is 7.64. The fraction of sp³-hybridized carbons (Fsp3) is 0.800. The van der Waals surface area contributed by atoms with Crippen LogP contribution in [0.15, 0.2) is 0 Å². The van der Waals surface area contributed by atoms with Gasteiger partial charge in [-0.2, -0.15) is 0 Å². The Morgan fingerprint density at radius 2 is 1.29 bits per heavy atom. The highest BCUT2D eigenvalue weighted by Crippen LogP contribution is 2.62. The van der Waals surface area contributed by atoms with Gasteiger partial charge in [-0.1, -0.05) is 37.9 Å². The van der Waals surface area contributed by atoms with E-state index in [1.807, 2.05) is 27.7 Å². The number of hydrogen-bond acceptors (Lipinski definition) is 6. The highest BCUT2D eigenvalue weighted by atomic mass is 31.2. The summed E-state index contributed by atoms with van der Waals surface area (Å²) in [6.45, 7) is 7.66. The van der Waals surface area contributed by atoms with E-state index >= 15 is 0 Å². The molecule has 2 rings (SSSR count). The van der Waals surface area contributed by atoms with Gasteiger partial charge < -0.3 is 0 Å². The van der Waals surface area contributed by atoms with Crippen LogP contribution in [0, 0.1) is 11.8 Å². The van der Waals surface area contributed by atoms with E-state index < -0.39 is 20.1 Å². The van der Waals surface area contributed by atoms with Crippen LogP contribution < -0.4 is 10.2 Å². The van der Waals surface area contributed by atoms with Crippen LogP contribution in [0.25, 0.3) is 0 Å². The second-order valence-corrected chi connectivity index (χ2v) is 7.06. The third-order valence-corrected chi connectivity index (χ3v) is 5.01. The Bertz CT molecular complexity index is 324. The van der Waals surface area contributed by atoms with Gasteiger partial charge in [0, 0.05) is 0 Å². The van der Waals surface area contributed by atoms with Crippen LogP contribution >= 0.6 is 8.02 Å². The molecule has 0 aromatic heterocycles. The zero-order chi connectivity index (χ0) is 12.8. The zero-order valence-corrected chi connectivity index (χ0v) is 11.3. The van der Waals surface area contributed by atoms with Crippen molar-refractivity contribution in [2.24, 2.45) is 11.8 Å². The van der Waals surface area contributed by atoms with Gasteiger partial charge in [-0.05, 0) is 11.8 Å². The second kappa shape index (κ2) is 4.19. The van der Waals surface area contributed by atoms with Gasteiger partial charge in [0.2, 0.25) is 0 Å². The highest BCUT2D eigenvalue weighted by Gasteiger charge is 2.67. The molecule has 2 aliphatic heterocycles. The molecule has 0 aromatic rings. The van der Waals surface area contributed by atoms with E-state index in [2.05, 4.69) is 10.2 Å².